The maximum absolute atomic E-state index is 8.36. The van der Waals surface area contributed by atoms with Gasteiger partial charge in [0.15, 0.2) is 0 Å². The third-order valence-corrected chi connectivity index (χ3v) is 1.10. The summed E-state index contributed by atoms with van der Waals surface area (Å²) in [4.78, 5) is 8.36. The number of nitrogens with zero attached hydrogens (tertiary/aromatic N) is 1. The van der Waals surface area contributed by atoms with E-state index in [0.717, 1.165) is 12.2 Å². The van der Waals surface area contributed by atoms with Crippen molar-refractivity contribution in [3.8, 4) is 0 Å². The van der Waals surface area contributed by atoms with E-state index in [1.54, 1.807) is 0 Å². The van der Waals surface area contributed by atoms with Crippen molar-refractivity contribution >= 4 is 12.2 Å². The van der Waals surface area contributed by atoms with Crippen molar-refractivity contribution in [3.63, 3.8) is 0 Å². The average Bonchev–Trinajstić information content (AvgIpc) is 2.08. The van der Waals surface area contributed by atoms with E-state index in [0.29, 0.717) is 0 Å². The summed E-state index contributed by atoms with van der Waals surface area (Å²) in [7, 11) is 0. The summed E-state index contributed by atoms with van der Waals surface area (Å²) in [6.07, 6.45) is 0. The summed E-state index contributed by atoms with van der Waals surface area (Å²) in [5, 5.41) is 11.1. The molecule has 13 heavy (non-hydrogen) atoms. The van der Waals surface area contributed by atoms with Gasteiger partial charge in [-0.3, -0.25) is 4.79 Å². The first-order chi connectivity index (χ1) is 5.85. The van der Waals surface area contributed by atoms with E-state index in [-0.39, 0.29) is 26.0 Å². The predicted molar refractivity (Wildman–Crippen MR) is 48.7 cm³/mol. The summed E-state index contributed by atoms with van der Waals surface area (Å²) in [5.74, 6) is 0. The maximum Gasteiger partial charge on any atom is 0.290 e. The molecule has 0 aromatic heterocycles. The second kappa shape index (κ2) is 11.1. The Morgan fingerprint density at radius 2 is 1.85 bits per heavy atom. The van der Waals surface area contributed by atoms with Crippen molar-refractivity contribution in [2.75, 3.05) is 6.54 Å². The monoisotopic (exact) mass is 230 g/mol. The van der Waals surface area contributed by atoms with Crippen LogP contribution >= 0.6 is 0 Å². The Kier molecular flexibility index (Phi) is 12.5. The molecule has 0 atom stereocenters. The molecule has 0 radical (unpaired) electrons. The standard InChI is InChI=1S/C8H10N.CH2O2.Zn/c1-2-9-8-6-4-3-5-7-8;2-1-3;/h3-7H,2H2,1H3;1H,(H,2,3);/q-1;;. The van der Waals surface area contributed by atoms with Crippen LogP contribution in [0.3, 0.4) is 0 Å². The normalized spacial score (nSPS) is 7.15. The number of carboxylic acid groups (broad SMARTS) is 1. The Morgan fingerprint density at radius 1 is 1.38 bits per heavy atom. The van der Waals surface area contributed by atoms with E-state index in [1.165, 1.54) is 0 Å². The molecule has 1 aromatic carbocycles. The van der Waals surface area contributed by atoms with Crippen LogP contribution in [0.15, 0.2) is 30.3 Å². The molecule has 0 aliphatic carbocycles. The molecule has 0 fully saturated rings. The molecule has 0 bridgehead atoms. The minimum Gasteiger partial charge on any atom is -0.685 e. The maximum atomic E-state index is 8.36. The van der Waals surface area contributed by atoms with Gasteiger partial charge >= 0.3 is 0 Å². The number of hydrogen-bond acceptors (Lipinski definition) is 1. The van der Waals surface area contributed by atoms with Gasteiger partial charge in [-0.25, -0.2) is 0 Å². The molecular formula is C9H12NO2Zn-. The summed E-state index contributed by atoms with van der Waals surface area (Å²) in [6.45, 7) is 2.65. The van der Waals surface area contributed by atoms with Crippen LogP contribution in [0, 0.1) is 0 Å². The molecule has 1 rings (SSSR count). The fraction of sp³-hybridized carbons (Fsp3) is 0.222. The van der Waals surface area contributed by atoms with Crippen molar-refractivity contribution in [1.82, 2.24) is 0 Å². The largest absolute Gasteiger partial charge is 0.685 e. The topological polar surface area (TPSA) is 51.4 Å². The van der Waals surface area contributed by atoms with Gasteiger partial charge in [-0.1, -0.05) is 37.3 Å². The number of para-hydroxylation sites is 1. The van der Waals surface area contributed by atoms with Crippen molar-refractivity contribution in [1.29, 1.82) is 0 Å². The fourth-order valence-electron chi connectivity index (χ4n) is 0.716. The molecule has 0 saturated heterocycles. The number of carbonyl (C=O) groups is 1. The van der Waals surface area contributed by atoms with Gasteiger partial charge in [-0.2, -0.15) is 0 Å². The van der Waals surface area contributed by atoms with Crippen LogP contribution in [-0.4, -0.2) is 18.1 Å². The molecule has 0 aliphatic rings. The van der Waals surface area contributed by atoms with Gasteiger partial charge in [0.05, 0.1) is 0 Å². The third-order valence-electron chi connectivity index (χ3n) is 1.10. The van der Waals surface area contributed by atoms with Crippen LogP contribution in [0.4, 0.5) is 5.69 Å². The van der Waals surface area contributed by atoms with E-state index in [4.69, 9.17) is 9.90 Å². The van der Waals surface area contributed by atoms with Crippen molar-refractivity contribution in [3.05, 3.63) is 35.6 Å². The molecule has 0 amide bonds. The van der Waals surface area contributed by atoms with Gasteiger partial charge in [0, 0.05) is 19.5 Å². The van der Waals surface area contributed by atoms with E-state index in [1.807, 2.05) is 37.3 Å². The first-order valence-corrected chi connectivity index (χ1v) is 3.65. The second-order valence-corrected chi connectivity index (χ2v) is 1.92. The number of hydrogen-bond donors (Lipinski definition) is 1. The van der Waals surface area contributed by atoms with Gasteiger partial charge in [0.2, 0.25) is 0 Å². The van der Waals surface area contributed by atoms with E-state index >= 15 is 0 Å². The summed E-state index contributed by atoms with van der Waals surface area (Å²) >= 11 is 0. The summed E-state index contributed by atoms with van der Waals surface area (Å²) < 4.78 is 0. The van der Waals surface area contributed by atoms with Crippen LogP contribution < -0.4 is 0 Å². The average molecular weight is 232 g/mol. The molecular weight excluding hydrogens is 219 g/mol. The van der Waals surface area contributed by atoms with Crippen LogP contribution in [0.5, 0.6) is 0 Å². The molecule has 3 nitrogen and oxygen atoms in total. The number of rotatable bonds is 2. The zero-order valence-corrected chi connectivity index (χ0v) is 10.6. The van der Waals surface area contributed by atoms with Crippen molar-refractivity contribution in [2.24, 2.45) is 0 Å². The molecule has 1 aromatic rings. The van der Waals surface area contributed by atoms with E-state index in [2.05, 4.69) is 5.32 Å². The number of benzene rings is 1. The first-order valence-electron chi connectivity index (χ1n) is 3.65. The molecule has 0 aliphatic heterocycles. The molecule has 0 heterocycles. The van der Waals surface area contributed by atoms with Crippen molar-refractivity contribution < 1.29 is 29.4 Å². The Hall–Kier alpha value is -0.887. The predicted octanol–water partition coefficient (Wildman–Crippen LogP) is 2.41. The van der Waals surface area contributed by atoms with Crippen LogP contribution in [-0.2, 0) is 24.3 Å². The zero-order chi connectivity index (χ0) is 9.23. The summed E-state index contributed by atoms with van der Waals surface area (Å²) in [5.41, 5.74) is 1.07. The van der Waals surface area contributed by atoms with E-state index in [9.17, 15) is 0 Å². The van der Waals surface area contributed by atoms with Crippen LogP contribution in [0.2, 0.25) is 0 Å². The minimum absolute atomic E-state index is 0. The molecule has 4 heteroatoms. The SMILES string of the molecule is CC[N-]c1ccccc1.O=CO.[Zn]. The molecule has 0 unspecified atom stereocenters. The Labute approximate surface area is 90.9 Å². The Morgan fingerprint density at radius 3 is 2.23 bits per heavy atom. The second-order valence-electron chi connectivity index (χ2n) is 1.92. The van der Waals surface area contributed by atoms with Crippen LogP contribution in [0.25, 0.3) is 5.32 Å². The van der Waals surface area contributed by atoms with Gasteiger partial charge in [0.25, 0.3) is 6.47 Å². The fourth-order valence-corrected chi connectivity index (χ4v) is 0.716. The Balaban J connectivity index is 0. The summed E-state index contributed by atoms with van der Waals surface area (Å²) in [6, 6.07) is 9.99. The third kappa shape index (κ3) is 9.02. The van der Waals surface area contributed by atoms with Gasteiger partial charge < -0.3 is 10.4 Å². The zero-order valence-electron chi connectivity index (χ0n) is 7.68. The quantitative estimate of drug-likeness (QED) is 0.628. The molecule has 1 N–H and O–H groups in total. The van der Waals surface area contributed by atoms with Gasteiger partial charge in [0.1, 0.15) is 0 Å². The van der Waals surface area contributed by atoms with Crippen LogP contribution in [0.1, 0.15) is 6.92 Å². The smallest absolute Gasteiger partial charge is 0.290 e. The van der Waals surface area contributed by atoms with Gasteiger partial charge in [-0.05, 0) is 0 Å². The van der Waals surface area contributed by atoms with E-state index < -0.39 is 0 Å². The first kappa shape index (κ1) is 14.6. The van der Waals surface area contributed by atoms with Gasteiger partial charge in [-0.15, -0.1) is 12.2 Å². The molecule has 0 spiro atoms. The Bertz CT molecular complexity index is 204. The molecule has 0 saturated carbocycles. The van der Waals surface area contributed by atoms with Crippen molar-refractivity contribution in [2.45, 2.75) is 6.92 Å². The minimum atomic E-state index is -0.250. The molecule has 68 valence electrons.